The van der Waals surface area contributed by atoms with Crippen LogP contribution in [0.2, 0.25) is 0 Å². The molecule has 7 nitrogen and oxygen atoms in total. The normalized spacial score (nSPS) is 12.0. The van der Waals surface area contributed by atoms with Crippen LogP contribution in [0.5, 0.6) is 0 Å². The number of hydrogen-bond acceptors (Lipinski definition) is 4. The maximum atomic E-state index is 15.1. The minimum absolute atomic E-state index is 0.0403. The number of amides is 2. The third-order valence-corrected chi connectivity index (χ3v) is 8.68. The number of carbonyl (C=O) groups is 2. The number of anilines is 1. The van der Waals surface area contributed by atoms with E-state index in [2.05, 4.69) is 5.32 Å². The van der Waals surface area contributed by atoms with Gasteiger partial charge in [-0.15, -0.1) is 0 Å². The monoisotopic (exact) mass is 601 g/mol. The predicted octanol–water partition coefficient (Wildman–Crippen LogP) is 5.49. The van der Waals surface area contributed by atoms with Gasteiger partial charge in [0.1, 0.15) is 18.4 Å². The minimum atomic E-state index is -4.36. The Bertz CT molecular complexity index is 1630. The lowest BCUT2D eigenvalue weighted by Gasteiger charge is -2.34. The zero-order chi connectivity index (χ0) is 31.0. The van der Waals surface area contributed by atoms with Crippen molar-refractivity contribution in [3.63, 3.8) is 0 Å². The van der Waals surface area contributed by atoms with Gasteiger partial charge in [-0.2, -0.15) is 0 Å². The molecule has 0 fully saturated rings. The van der Waals surface area contributed by atoms with E-state index in [1.165, 1.54) is 35.2 Å². The van der Waals surface area contributed by atoms with Crippen LogP contribution in [-0.4, -0.2) is 43.8 Å². The van der Waals surface area contributed by atoms with Crippen molar-refractivity contribution in [3.05, 3.63) is 132 Å². The lowest BCUT2D eigenvalue weighted by Crippen LogP contribution is -2.54. The standard InChI is InChI=1S/C34H36FN3O4S/c1-25(2)36-34(40)32(22-27-12-6-4-7-13-27)37(23-28-20-18-26(3)19-21-28)33(39)24-38(31-17-11-10-16-30(31)35)43(41,42)29-14-8-5-9-15-29/h4-21,25,32H,22-24H2,1-3H3,(H,36,40)/t32-/m1/s1. The van der Waals surface area contributed by atoms with Crippen LogP contribution in [0.4, 0.5) is 10.1 Å². The van der Waals surface area contributed by atoms with Crippen LogP contribution < -0.4 is 9.62 Å². The van der Waals surface area contributed by atoms with Gasteiger partial charge < -0.3 is 10.2 Å². The number of hydrogen-bond donors (Lipinski definition) is 1. The molecule has 0 spiro atoms. The second-order valence-corrected chi connectivity index (χ2v) is 12.5. The molecule has 0 radical (unpaired) electrons. The van der Waals surface area contributed by atoms with Gasteiger partial charge in [0, 0.05) is 19.0 Å². The molecule has 0 saturated heterocycles. The molecule has 0 aliphatic heterocycles. The van der Waals surface area contributed by atoms with E-state index >= 15 is 4.39 Å². The van der Waals surface area contributed by atoms with Gasteiger partial charge >= 0.3 is 0 Å². The molecule has 43 heavy (non-hydrogen) atoms. The number of sulfonamides is 1. The summed E-state index contributed by atoms with van der Waals surface area (Å²) >= 11 is 0. The van der Waals surface area contributed by atoms with Crippen molar-refractivity contribution in [2.24, 2.45) is 0 Å². The first-order chi connectivity index (χ1) is 20.6. The van der Waals surface area contributed by atoms with Crippen LogP contribution in [0.3, 0.4) is 0 Å². The van der Waals surface area contributed by atoms with Crippen LogP contribution in [-0.2, 0) is 32.6 Å². The Morgan fingerprint density at radius 2 is 1.37 bits per heavy atom. The summed E-state index contributed by atoms with van der Waals surface area (Å²) in [6.07, 6.45) is 0.197. The van der Waals surface area contributed by atoms with Crippen molar-refractivity contribution in [2.45, 2.75) is 50.7 Å². The second kappa shape index (κ2) is 14.1. The molecular formula is C34H36FN3O4S. The molecule has 9 heteroatoms. The number of aryl methyl sites for hydroxylation is 1. The molecule has 0 aromatic heterocycles. The highest BCUT2D eigenvalue weighted by molar-refractivity contribution is 7.92. The Kier molecular flexibility index (Phi) is 10.3. The minimum Gasteiger partial charge on any atom is -0.352 e. The van der Waals surface area contributed by atoms with E-state index in [9.17, 15) is 18.0 Å². The van der Waals surface area contributed by atoms with Crippen LogP contribution >= 0.6 is 0 Å². The molecule has 4 aromatic rings. The summed E-state index contributed by atoms with van der Waals surface area (Å²) in [6, 6.07) is 28.7. The van der Waals surface area contributed by atoms with Crippen LogP contribution in [0.1, 0.15) is 30.5 Å². The molecule has 224 valence electrons. The zero-order valence-corrected chi connectivity index (χ0v) is 25.3. The fraction of sp³-hybridized carbons (Fsp3) is 0.235. The summed E-state index contributed by atoms with van der Waals surface area (Å²) in [5.41, 5.74) is 2.36. The summed E-state index contributed by atoms with van der Waals surface area (Å²) in [6.45, 7) is 4.93. The lowest BCUT2D eigenvalue weighted by molar-refractivity contribution is -0.140. The van der Waals surface area contributed by atoms with Gasteiger partial charge in [-0.25, -0.2) is 12.8 Å². The molecular weight excluding hydrogens is 565 g/mol. The Morgan fingerprint density at radius 1 is 0.791 bits per heavy atom. The van der Waals surface area contributed by atoms with Crippen molar-refractivity contribution in [3.8, 4) is 0 Å². The van der Waals surface area contributed by atoms with Crippen LogP contribution in [0.15, 0.2) is 114 Å². The summed E-state index contributed by atoms with van der Waals surface area (Å²) in [7, 11) is -4.36. The van der Waals surface area contributed by atoms with Crippen molar-refractivity contribution >= 4 is 27.5 Å². The summed E-state index contributed by atoms with van der Waals surface area (Å²) in [5, 5.41) is 2.92. The molecule has 0 aliphatic carbocycles. The first kappa shape index (κ1) is 31.4. The maximum Gasteiger partial charge on any atom is 0.264 e. The third-order valence-electron chi connectivity index (χ3n) is 6.91. The van der Waals surface area contributed by atoms with Gasteiger partial charge in [-0.3, -0.25) is 13.9 Å². The first-order valence-corrected chi connectivity index (χ1v) is 15.5. The highest BCUT2D eigenvalue weighted by atomic mass is 32.2. The topological polar surface area (TPSA) is 86.8 Å². The van der Waals surface area contributed by atoms with Gasteiger partial charge in [0.25, 0.3) is 10.0 Å². The smallest absolute Gasteiger partial charge is 0.264 e. The molecule has 0 saturated carbocycles. The number of carbonyl (C=O) groups excluding carboxylic acids is 2. The average Bonchev–Trinajstić information content (AvgIpc) is 2.99. The zero-order valence-electron chi connectivity index (χ0n) is 24.5. The number of benzene rings is 4. The molecule has 4 aromatic carbocycles. The number of para-hydroxylation sites is 1. The highest BCUT2D eigenvalue weighted by Gasteiger charge is 2.35. The molecule has 0 heterocycles. The molecule has 2 amide bonds. The van der Waals surface area contributed by atoms with E-state index in [1.54, 1.807) is 18.2 Å². The number of rotatable bonds is 12. The Labute approximate surface area is 253 Å². The SMILES string of the molecule is Cc1ccc(CN(C(=O)CN(c2ccccc2F)S(=O)(=O)c2ccccc2)[C@H](Cc2ccccc2)C(=O)NC(C)C)cc1. The third kappa shape index (κ3) is 8.08. The number of nitrogens with zero attached hydrogens (tertiary/aromatic N) is 2. The highest BCUT2D eigenvalue weighted by Crippen LogP contribution is 2.27. The van der Waals surface area contributed by atoms with Gasteiger partial charge in [0.05, 0.1) is 10.6 Å². The van der Waals surface area contributed by atoms with Crippen LogP contribution in [0.25, 0.3) is 0 Å². The van der Waals surface area contributed by atoms with E-state index in [0.717, 1.165) is 27.1 Å². The first-order valence-electron chi connectivity index (χ1n) is 14.1. The quantitative estimate of drug-likeness (QED) is 0.233. The Balaban J connectivity index is 1.80. The summed E-state index contributed by atoms with van der Waals surface area (Å²) < 4.78 is 43.7. The average molecular weight is 602 g/mol. The van der Waals surface area contributed by atoms with Crippen molar-refractivity contribution in [1.29, 1.82) is 0 Å². The van der Waals surface area contributed by atoms with Gasteiger partial charge in [0.2, 0.25) is 11.8 Å². The summed E-state index contributed by atoms with van der Waals surface area (Å²) in [5.74, 6) is -1.82. The largest absolute Gasteiger partial charge is 0.352 e. The van der Waals surface area contributed by atoms with Crippen molar-refractivity contribution < 1.29 is 22.4 Å². The molecule has 1 N–H and O–H groups in total. The molecule has 0 unspecified atom stereocenters. The number of nitrogens with one attached hydrogen (secondary N) is 1. The predicted molar refractivity (Wildman–Crippen MR) is 166 cm³/mol. The van der Waals surface area contributed by atoms with Crippen molar-refractivity contribution in [1.82, 2.24) is 10.2 Å². The molecule has 4 rings (SSSR count). The summed E-state index contributed by atoms with van der Waals surface area (Å²) in [4.78, 5) is 29.3. The maximum absolute atomic E-state index is 15.1. The van der Waals surface area contributed by atoms with Crippen molar-refractivity contribution in [2.75, 3.05) is 10.8 Å². The van der Waals surface area contributed by atoms with Gasteiger partial charge in [0.15, 0.2) is 0 Å². The lowest BCUT2D eigenvalue weighted by atomic mass is 10.0. The van der Waals surface area contributed by atoms with Crippen LogP contribution in [0, 0.1) is 12.7 Å². The van der Waals surface area contributed by atoms with E-state index in [0.29, 0.717) is 0 Å². The van der Waals surface area contributed by atoms with E-state index in [4.69, 9.17) is 0 Å². The Hall–Kier alpha value is -4.50. The fourth-order valence-electron chi connectivity index (χ4n) is 4.71. The Morgan fingerprint density at radius 3 is 1.98 bits per heavy atom. The van der Waals surface area contributed by atoms with E-state index in [1.807, 2.05) is 75.4 Å². The van der Waals surface area contributed by atoms with Gasteiger partial charge in [-0.1, -0.05) is 90.5 Å². The second-order valence-electron chi connectivity index (χ2n) is 10.7. The molecule has 1 atom stereocenters. The molecule has 0 bridgehead atoms. The van der Waals surface area contributed by atoms with E-state index < -0.39 is 34.3 Å². The molecule has 0 aliphatic rings. The van der Waals surface area contributed by atoms with E-state index in [-0.39, 0.29) is 35.5 Å². The fourth-order valence-corrected chi connectivity index (χ4v) is 6.15. The van der Waals surface area contributed by atoms with Gasteiger partial charge in [-0.05, 0) is 56.2 Å². The number of halogens is 1.